The molecule has 0 aromatic carbocycles. The van der Waals surface area contributed by atoms with E-state index in [0.29, 0.717) is 15.6 Å². The van der Waals surface area contributed by atoms with Crippen molar-refractivity contribution in [3.63, 3.8) is 0 Å². The Morgan fingerprint density at radius 3 is 2.70 bits per heavy atom. The summed E-state index contributed by atoms with van der Waals surface area (Å²) in [5.41, 5.74) is 0.901. The Kier molecular flexibility index (Phi) is 7.88. The Hall–Kier alpha value is -1.24. The number of aryl methyl sites for hydroxylation is 1. The first kappa shape index (κ1) is 19.8. The summed E-state index contributed by atoms with van der Waals surface area (Å²) in [7, 11) is 1.46. The summed E-state index contributed by atoms with van der Waals surface area (Å²) >= 11 is 7.13. The summed E-state index contributed by atoms with van der Waals surface area (Å²) < 4.78 is 14.6. The Morgan fingerprint density at radius 2 is 2.26 bits per heavy atom. The van der Waals surface area contributed by atoms with Crippen molar-refractivity contribution in [2.24, 2.45) is 10.9 Å². The van der Waals surface area contributed by atoms with Gasteiger partial charge in [0.2, 0.25) is 5.78 Å². The first-order chi connectivity index (χ1) is 10.8. The van der Waals surface area contributed by atoms with Crippen molar-refractivity contribution in [1.29, 1.82) is 0 Å². The number of carbonyl (C=O) groups is 1. The molecule has 0 aliphatic rings. The lowest BCUT2D eigenvalue weighted by atomic mass is 10.0. The molecule has 1 aromatic rings. The van der Waals surface area contributed by atoms with Crippen LogP contribution >= 0.6 is 22.9 Å². The van der Waals surface area contributed by atoms with E-state index in [1.54, 1.807) is 6.07 Å². The summed E-state index contributed by atoms with van der Waals surface area (Å²) in [5, 5.41) is 11.7. The van der Waals surface area contributed by atoms with Crippen LogP contribution in [-0.4, -0.2) is 36.7 Å². The summed E-state index contributed by atoms with van der Waals surface area (Å²) in [4.78, 5) is 16.8. The molecule has 1 rings (SSSR count). The maximum Gasteiger partial charge on any atom is 0.206 e. The van der Waals surface area contributed by atoms with E-state index >= 15 is 0 Å². The van der Waals surface area contributed by atoms with Gasteiger partial charge in [0.15, 0.2) is 6.30 Å². The molecule has 2 atom stereocenters. The minimum absolute atomic E-state index is 0.0793. The third-order valence-electron chi connectivity index (χ3n) is 3.53. The van der Waals surface area contributed by atoms with E-state index in [9.17, 15) is 9.18 Å². The topological polar surface area (TPSA) is 61.7 Å². The molecule has 0 spiro atoms. The Bertz CT molecular complexity index is 577. The molecule has 128 valence electrons. The highest BCUT2D eigenvalue weighted by molar-refractivity contribution is 7.18. The lowest BCUT2D eigenvalue weighted by molar-refractivity contribution is 0.104. The fourth-order valence-corrected chi connectivity index (χ4v) is 3.15. The second kappa shape index (κ2) is 9.15. The highest BCUT2D eigenvalue weighted by Gasteiger charge is 2.22. The number of alkyl halides is 1. The molecule has 7 heteroatoms. The number of hydrogen-bond acceptors (Lipinski definition) is 4. The van der Waals surface area contributed by atoms with Crippen molar-refractivity contribution in [2.75, 3.05) is 13.7 Å². The number of aliphatic hydroxyl groups excluding tert-OH is 1. The van der Waals surface area contributed by atoms with Gasteiger partial charge in [0.25, 0.3) is 0 Å². The number of carbonyl (C=O) groups excluding carboxylic acids is 1. The summed E-state index contributed by atoms with van der Waals surface area (Å²) in [6.07, 6.45) is -0.606. The molecule has 0 amide bonds. The normalized spacial score (nSPS) is 14.4. The molecule has 4 nitrogen and oxygen atoms in total. The summed E-state index contributed by atoms with van der Waals surface area (Å²) in [6, 6.07) is 1.68. The van der Waals surface area contributed by atoms with Crippen molar-refractivity contribution in [1.82, 2.24) is 5.32 Å². The molecule has 0 aliphatic heterocycles. The molecule has 0 radical (unpaired) electrons. The smallest absolute Gasteiger partial charge is 0.206 e. The van der Waals surface area contributed by atoms with Gasteiger partial charge < -0.3 is 10.4 Å². The number of rotatable bonds is 8. The largest absolute Gasteiger partial charge is 0.396 e. The lowest BCUT2D eigenvalue weighted by Gasteiger charge is -2.18. The van der Waals surface area contributed by atoms with Gasteiger partial charge in [0.05, 0.1) is 14.8 Å². The van der Waals surface area contributed by atoms with Gasteiger partial charge in [0, 0.05) is 20.1 Å². The molecule has 2 N–H and O–H groups in total. The maximum absolute atomic E-state index is 14.1. The fraction of sp³-hybridized carbons (Fsp3) is 0.500. The molecule has 0 saturated carbocycles. The third-order valence-corrected chi connectivity index (χ3v) is 5.09. The second-order valence-corrected chi connectivity index (χ2v) is 6.91. The number of nitrogens with zero attached hydrogens (tertiary/aromatic N) is 1. The molecule has 0 bridgehead atoms. The number of halogens is 2. The van der Waals surface area contributed by atoms with Gasteiger partial charge in [-0.1, -0.05) is 31.5 Å². The number of aliphatic imine (C=N–C) groups is 1. The zero-order chi connectivity index (χ0) is 17.6. The highest BCUT2D eigenvalue weighted by atomic mass is 35.5. The number of thiophene rings is 1. The zero-order valence-corrected chi connectivity index (χ0v) is 15.1. The molecule has 23 heavy (non-hydrogen) atoms. The van der Waals surface area contributed by atoms with Gasteiger partial charge in [-0.05, 0) is 24.5 Å². The van der Waals surface area contributed by atoms with Crippen LogP contribution in [0.4, 0.5) is 4.39 Å². The Balaban J connectivity index is 2.77. The van der Waals surface area contributed by atoms with E-state index < -0.39 is 6.30 Å². The Labute approximate surface area is 145 Å². The molecular formula is C16H22ClFN2O2S. The first-order valence-corrected chi connectivity index (χ1v) is 8.51. The average molecular weight is 361 g/mol. The molecule has 2 unspecified atom stereocenters. The van der Waals surface area contributed by atoms with E-state index in [4.69, 9.17) is 16.7 Å². The van der Waals surface area contributed by atoms with Crippen molar-refractivity contribution in [3.05, 3.63) is 33.0 Å². The number of Topliss-reactive ketones (excluding diaryl/α,β-unsaturated/α-hetero) is 1. The van der Waals surface area contributed by atoms with Crippen LogP contribution < -0.4 is 5.32 Å². The number of aliphatic hydroxyl groups is 1. The predicted molar refractivity (Wildman–Crippen MR) is 94.4 cm³/mol. The van der Waals surface area contributed by atoms with Crippen molar-refractivity contribution >= 4 is 34.6 Å². The van der Waals surface area contributed by atoms with Crippen LogP contribution in [0.25, 0.3) is 0 Å². The van der Waals surface area contributed by atoms with Crippen LogP contribution in [-0.2, 0) is 0 Å². The van der Waals surface area contributed by atoms with Gasteiger partial charge >= 0.3 is 0 Å². The van der Waals surface area contributed by atoms with Gasteiger partial charge in [-0.25, -0.2) is 4.39 Å². The monoisotopic (exact) mass is 360 g/mol. The van der Waals surface area contributed by atoms with Crippen LogP contribution in [0.3, 0.4) is 0 Å². The fourth-order valence-electron chi connectivity index (χ4n) is 1.98. The first-order valence-electron chi connectivity index (χ1n) is 7.32. The molecule has 0 aliphatic carbocycles. The molecule has 0 saturated heterocycles. The standard InChI is InChI=1S/C16H22ClFN2O2S/c1-5-11(8-21)7-13(18)20-16(19-4)10(3)14(22)12-6-9(2)15(17)23-12/h6,11,13,21H,3,5,7-8H2,1-2,4H3,(H,19,20). The van der Waals surface area contributed by atoms with Crippen LogP contribution in [0, 0.1) is 12.8 Å². The third kappa shape index (κ3) is 5.41. The SMILES string of the molecule is C=C(C(=O)c1cc(C)c(Cl)s1)C(=NC)NC(F)CC(CC)CO. The summed E-state index contributed by atoms with van der Waals surface area (Å²) in [6.45, 7) is 7.33. The quantitative estimate of drug-likeness (QED) is 0.244. The van der Waals surface area contributed by atoms with E-state index in [-0.39, 0.29) is 36.1 Å². The van der Waals surface area contributed by atoms with Gasteiger partial charge in [-0.2, -0.15) is 0 Å². The van der Waals surface area contributed by atoms with E-state index in [1.807, 2.05) is 13.8 Å². The predicted octanol–water partition coefficient (Wildman–Crippen LogP) is 3.77. The molecule has 1 heterocycles. The van der Waals surface area contributed by atoms with Crippen LogP contribution in [0.1, 0.15) is 35.0 Å². The van der Waals surface area contributed by atoms with E-state index in [0.717, 1.165) is 16.9 Å². The van der Waals surface area contributed by atoms with Gasteiger partial charge in [-0.15, -0.1) is 11.3 Å². The Morgan fingerprint density at radius 1 is 1.61 bits per heavy atom. The maximum atomic E-state index is 14.1. The van der Waals surface area contributed by atoms with Gasteiger partial charge in [0.1, 0.15) is 5.84 Å². The molecule has 1 aromatic heterocycles. The number of amidine groups is 1. The van der Waals surface area contributed by atoms with Crippen molar-refractivity contribution in [2.45, 2.75) is 33.0 Å². The minimum atomic E-state index is -1.41. The zero-order valence-electron chi connectivity index (χ0n) is 13.5. The second-order valence-electron chi connectivity index (χ2n) is 5.25. The summed E-state index contributed by atoms with van der Waals surface area (Å²) in [5.74, 6) is -0.365. The van der Waals surface area contributed by atoms with Crippen LogP contribution in [0.2, 0.25) is 4.34 Å². The average Bonchev–Trinajstić information content (AvgIpc) is 2.88. The lowest BCUT2D eigenvalue weighted by Crippen LogP contribution is -2.36. The molecular weight excluding hydrogens is 339 g/mol. The minimum Gasteiger partial charge on any atom is -0.396 e. The van der Waals surface area contributed by atoms with Crippen molar-refractivity contribution in [3.8, 4) is 0 Å². The number of nitrogens with one attached hydrogen (secondary N) is 1. The van der Waals surface area contributed by atoms with Gasteiger partial charge in [-0.3, -0.25) is 9.79 Å². The molecule has 0 fully saturated rings. The van der Waals surface area contributed by atoms with E-state index in [2.05, 4.69) is 16.9 Å². The highest BCUT2D eigenvalue weighted by Crippen LogP contribution is 2.28. The number of ketones is 1. The number of hydrogen-bond donors (Lipinski definition) is 2. The van der Waals surface area contributed by atoms with Crippen molar-refractivity contribution < 1.29 is 14.3 Å². The van der Waals surface area contributed by atoms with Crippen LogP contribution in [0.5, 0.6) is 0 Å². The van der Waals surface area contributed by atoms with E-state index in [1.165, 1.54) is 7.05 Å². The van der Waals surface area contributed by atoms with Crippen LogP contribution in [0.15, 0.2) is 23.2 Å².